The summed E-state index contributed by atoms with van der Waals surface area (Å²) in [7, 11) is -0.642. The molecule has 1 fully saturated rings. The van der Waals surface area contributed by atoms with Crippen LogP contribution in [0.3, 0.4) is 0 Å². The van der Waals surface area contributed by atoms with Gasteiger partial charge in [0.15, 0.2) is 0 Å². The highest BCUT2D eigenvalue weighted by Gasteiger charge is 2.32. The second-order valence-corrected chi connectivity index (χ2v) is 9.58. The number of benzene rings is 2. The Labute approximate surface area is 182 Å². The zero-order valence-electron chi connectivity index (χ0n) is 17.1. The minimum Gasteiger partial charge on any atom is -0.495 e. The molecule has 0 unspecified atom stereocenters. The van der Waals surface area contributed by atoms with Crippen LogP contribution in [0.2, 0.25) is 5.02 Å². The number of carbonyl (C=O) groups excluding carboxylic acids is 1. The summed E-state index contributed by atoms with van der Waals surface area (Å²) in [5.41, 5.74) is 0.785. The van der Waals surface area contributed by atoms with Crippen molar-refractivity contribution in [1.82, 2.24) is 14.1 Å². The molecule has 0 atom stereocenters. The fraction of sp³-hybridized carbons (Fsp3) is 0.381. The summed E-state index contributed by atoms with van der Waals surface area (Å²) in [6.07, 6.45) is 0. The van der Waals surface area contributed by atoms with Crippen molar-refractivity contribution in [3.8, 4) is 5.75 Å². The Hall–Kier alpha value is -2.13. The number of nitrogens with zero attached hydrogens (tertiary/aromatic N) is 3. The van der Waals surface area contributed by atoms with Gasteiger partial charge in [0.1, 0.15) is 10.6 Å². The third-order valence-electron chi connectivity index (χ3n) is 5.11. The Morgan fingerprint density at radius 3 is 2.40 bits per heavy atom. The minimum absolute atomic E-state index is 0.0559. The van der Waals surface area contributed by atoms with E-state index in [1.807, 2.05) is 37.4 Å². The molecule has 7 nitrogen and oxygen atoms in total. The largest absolute Gasteiger partial charge is 0.495 e. The minimum atomic E-state index is -4.04. The van der Waals surface area contributed by atoms with Gasteiger partial charge in [-0.15, -0.1) is 0 Å². The number of halogens is 1. The molecule has 9 heteroatoms. The third kappa shape index (κ3) is 5.31. The lowest BCUT2D eigenvalue weighted by Gasteiger charge is -2.34. The summed E-state index contributed by atoms with van der Waals surface area (Å²) in [5, 5.41) is 0.277. The SMILES string of the molecule is COc1ccc(Cl)cc1S(=O)(=O)N(CC(=O)N1CCN(C)CC1)Cc1ccccc1. The van der Waals surface area contributed by atoms with Crippen molar-refractivity contribution >= 4 is 27.5 Å². The summed E-state index contributed by atoms with van der Waals surface area (Å²) < 4.78 is 33.5. The quantitative estimate of drug-likeness (QED) is 0.646. The molecule has 0 spiro atoms. The Balaban J connectivity index is 1.92. The fourth-order valence-electron chi connectivity index (χ4n) is 3.31. The van der Waals surface area contributed by atoms with Gasteiger partial charge in [0.25, 0.3) is 0 Å². The smallest absolute Gasteiger partial charge is 0.247 e. The van der Waals surface area contributed by atoms with Crippen LogP contribution >= 0.6 is 11.6 Å². The first kappa shape index (κ1) is 22.6. The van der Waals surface area contributed by atoms with Crippen LogP contribution in [-0.4, -0.2) is 75.3 Å². The molecule has 162 valence electrons. The maximum Gasteiger partial charge on any atom is 0.247 e. The molecule has 0 aliphatic carbocycles. The monoisotopic (exact) mass is 451 g/mol. The molecule has 0 radical (unpaired) electrons. The average Bonchev–Trinajstić information content (AvgIpc) is 2.74. The van der Waals surface area contributed by atoms with Crippen molar-refractivity contribution in [2.45, 2.75) is 11.4 Å². The molecule has 2 aromatic rings. The third-order valence-corrected chi connectivity index (χ3v) is 7.16. The molecule has 0 bridgehead atoms. The molecule has 1 heterocycles. The molecule has 30 heavy (non-hydrogen) atoms. The molecule has 1 amide bonds. The van der Waals surface area contributed by atoms with Gasteiger partial charge in [-0.1, -0.05) is 41.9 Å². The standard InChI is InChI=1S/C21H26ClN3O4S/c1-23-10-12-24(13-11-23)21(26)16-25(15-17-6-4-3-5-7-17)30(27,28)20-14-18(22)8-9-19(20)29-2/h3-9,14H,10-13,15-16H2,1-2H3. The summed E-state index contributed by atoms with van der Waals surface area (Å²) >= 11 is 6.07. The number of methoxy groups -OCH3 is 1. The van der Waals surface area contributed by atoms with Crippen LogP contribution < -0.4 is 4.74 Å². The number of piperazine rings is 1. The van der Waals surface area contributed by atoms with Gasteiger partial charge in [-0.05, 0) is 30.8 Å². The van der Waals surface area contributed by atoms with E-state index in [1.165, 1.54) is 23.5 Å². The van der Waals surface area contributed by atoms with Crippen molar-refractivity contribution < 1.29 is 17.9 Å². The second-order valence-electron chi connectivity index (χ2n) is 7.24. The number of rotatable bonds is 7. The molecule has 1 aliphatic heterocycles. The number of likely N-dealkylation sites (N-methyl/N-ethyl adjacent to an activating group) is 1. The first-order valence-electron chi connectivity index (χ1n) is 9.65. The lowest BCUT2D eigenvalue weighted by atomic mass is 10.2. The molecule has 1 aliphatic rings. The zero-order valence-corrected chi connectivity index (χ0v) is 18.7. The van der Waals surface area contributed by atoms with Crippen LogP contribution in [0.1, 0.15) is 5.56 Å². The van der Waals surface area contributed by atoms with Crippen LogP contribution in [0.25, 0.3) is 0 Å². The second kappa shape index (κ2) is 9.78. The number of hydrogen-bond acceptors (Lipinski definition) is 5. The van der Waals surface area contributed by atoms with E-state index in [0.717, 1.165) is 18.7 Å². The van der Waals surface area contributed by atoms with Gasteiger partial charge in [0.05, 0.1) is 13.7 Å². The Morgan fingerprint density at radius 2 is 1.77 bits per heavy atom. The maximum absolute atomic E-state index is 13.5. The predicted molar refractivity (Wildman–Crippen MR) is 116 cm³/mol. The van der Waals surface area contributed by atoms with E-state index in [-0.39, 0.29) is 34.7 Å². The molecular formula is C21H26ClN3O4S. The van der Waals surface area contributed by atoms with Gasteiger partial charge in [-0.3, -0.25) is 4.79 Å². The number of sulfonamides is 1. The summed E-state index contributed by atoms with van der Waals surface area (Å²) in [4.78, 5) is 16.7. The van der Waals surface area contributed by atoms with Crippen molar-refractivity contribution in [3.05, 3.63) is 59.1 Å². The molecule has 0 saturated carbocycles. The van der Waals surface area contributed by atoms with Crippen molar-refractivity contribution in [1.29, 1.82) is 0 Å². The summed E-state index contributed by atoms with van der Waals surface area (Å²) in [6.45, 7) is 2.50. The van der Waals surface area contributed by atoms with Gasteiger partial charge >= 0.3 is 0 Å². The van der Waals surface area contributed by atoms with Crippen LogP contribution in [0.15, 0.2) is 53.4 Å². The number of amides is 1. The maximum atomic E-state index is 13.5. The zero-order chi connectivity index (χ0) is 21.7. The molecule has 1 saturated heterocycles. The first-order valence-corrected chi connectivity index (χ1v) is 11.5. The highest BCUT2D eigenvalue weighted by atomic mass is 35.5. The van der Waals surface area contributed by atoms with Crippen molar-refractivity contribution in [3.63, 3.8) is 0 Å². The molecule has 3 rings (SSSR count). The molecule has 0 N–H and O–H groups in total. The van der Waals surface area contributed by atoms with Crippen molar-refractivity contribution in [2.24, 2.45) is 0 Å². The van der Waals surface area contributed by atoms with Crippen LogP contribution in [-0.2, 0) is 21.4 Å². The topological polar surface area (TPSA) is 70.2 Å². The van der Waals surface area contributed by atoms with E-state index in [4.69, 9.17) is 16.3 Å². The first-order chi connectivity index (χ1) is 14.3. The highest BCUT2D eigenvalue weighted by molar-refractivity contribution is 7.89. The van der Waals surface area contributed by atoms with Gasteiger partial charge < -0.3 is 14.5 Å². The lowest BCUT2D eigenvalue weighted by molar-refractivity contribution is -0.133. The number of ether oxygens (including phenoxy) is 1. The summed E-state index contributed by atoms with van der Waals surface area (Å²) in [5.74, 6) is -0.0342. The predicted octanol–water partition coefficient (Wildman–Crippen LogP) is 2.31. The van der Waals surface area contributed by atoms with E-state index < -0.39 is 10.0 Å². The Kier molecular flexibility index (Phi) is 7.36. The highest BCUT2D eigenvalue weighted by Crippen LogP contribution is 2.30. The average molecular weight is 452 g/mol. The Bertz CT molecular complexity index is 977. The molecule has 0 aromatic heterocycles. The van der Waals surface area contributed by atoms with Crippen LogP contribution in [0.5, 0.6) is 5.75 Å². The normalized spacial score (nSPS) is 15.4. The van der Waals surface area contributed by atoms with Crippen molar-refractivity contribution in [2.75, 3.05) is 46.9 Å². The fourth-order valence-corrected chi connectivity index (χ4v) is 5.11. The number of carbonyl (C=O) groups is 1. The van der Waals surface area contributed by atoms with Gasteiger partial charge in [0, 0.05) is 37.7 Å². The van der Waals surface area contributed by atoms with Crippen LogP contribution in [0.4, 0.5) is 0 Å². The lowest BCUT2D eigenvalue weighted by Crippen LogP contribution is -2.50. The van der Waals surface area contributed by atoms with Gasteiger partial charge in [0.2, 0.25) is 15.9 Å². The van der Waals surface area contributed by atoms with Gasteiger partial charge in [-0.25, -0.2) is 8.42 Å². The van der Waals surface area contributed by atoms with E-state index in [9.17, 15) is 13.2 Å². The molecule has 2 aromatic carbocycles. The van der Waals surface area contributed by atoms with E-state index in [1.54, 1.807) is 11.0 Å². The molecular weight excluding hydrogens is 426 g/mol. The van der Waals surface area contributed by atoms with Crippen LogP contribution in [0, 0.1) is 0 Å². The number of hydrogen-bond donors (Lipinski definition) is 0. The van der Waals surface area contributed by atoms with E-state index in [0.29, 0.717) is 13.1 Å². The summed E-state index contributed by atoms with van der Waals surface area (Å²) in [6, 6.07) is 13.6. The van der Waals surface area contributed by atoms with E-state index in [2.05, 4.69) is 4.90 Å². The van der Waals surface area contributed by atoms with Gasteiger partial charge in [-0.2, -0.15) is 4.31 Å². The Morgan fingerprint density at radius 1 is 1.10 bits per heavy atom. The van der Waals surface area contributed by atoms with E-state index >= 15 is 0 Å².